The van der Waals surface area contributed by atoms with E-state index in [4.69, 9.17) is 9.47 Å². The monoisotopic (exact) mass is 471 g/mol. The molecular formula is C23H25N3O6S. The Labute approximate surface area is 191 Å². The van der Waals surface area contributed by atoms with Gasteiger partial charge in [-0.2, -0.15) is 4.31 Å². The Balaban J connectivity index is 1.38. The van der Waals surface area contributed by atoms with Gasteiger partial charge in [-0.05, 0) is 55.8 Å². The maximum Gasteiger partial charge on any atom is 0.338 e. The molecule has 33 heavy (non-hydrogen) atoms. The number of nitrogens with one attached hydrogen (secondary N) is 2. The van der Waals surface area contributed by atoms with Gasteiger partial charge >= 0.3 is 5.97 Å². The van der Waals surface area contributed by atoms with Crippen molar-refractivity contribution in [3.63, 3.8) is 0 Å². The zero-order valence-electron chi connectivity index (χ0n) is 18.4. The van der Waals surface area contributed by atoms with Gasteiger partial charge in [-0.1, -0.05) is 6.07 Å². The predicted octanol–water partition coefficient (Wildman–Crippen LogP) is 2.60. The number of sulfonamides is 1. The quantitative estimate of drug-likeness (QED) is 0.534. The molecule has 0 radical (unpaired) electrons. The number of aryl methyl sites for hydroxylation is 2. The average molecular weight is 472 g/mol. The summed E-state index contributed by atoms with van der Waals surface area (Å²) in [7, 11) is -3.69. The number of hydrogen-bond donors (Lipinski definition) is 2. The summed E-state index contributed by atoms with van der Waals surface area (Å²) in [5.74, 6) is -1.19. The van der Waals surface area contributed by atoms with E-state index in [1.807, 2.05) is 13.8 Å². The maximum atomic E-state index is 12.8. The number of anilines is 1. The molecule has 0 unspecified atom stereocenters. The number of hydrogen-bond acceptors (Lipinski definition) is 6. The number of morpholine rings is 1. The first-order valence-corrected chi connectivity index (χ1v) is 11.9. The third-order valence-electron chi connectivity index (χ3n) is 5.60. The van der Waals surface area contributed by atoms with Gasteiger partial charge < -0.3 is 19.8 Å². The topological polar surface area (TPSA) is 118 Å². The Hall–Kier alpha value is -3.21. The van der Waals surface area contributed by atoms with Crippen molar-refractivity contribution < 1.29 is 27.5 Å². The van der Waals surface area contributed by atoms with Gasteiger partial charge in [0.15, 0.2) is 6.61 Å². The van der Waals surface area contributed by atoms with Crippen LogP contribution in [0.15, 0.2) is 47.4 Å². The lowest BCUT2D eigenvalue weighted by molar-refractivity contribution is -0.119. The van der Waals surface area contributed by atoms with Gasteiger partial charge in [0, 0.05) is 35.4 Å². The lowest BCUT2D eigenvalue weighted by Crippen LogP contribution is -2.40. The highest BCUT2D eigenvalue weighted by Crippen LogP contribution is 2.23. The van der Waals surface area contributed by atoms with Crippen molar-refractivity contribution in [1.82, 2.24) is 9.29 Å². The third-order valence-corrected chi connectivity index (χ3v) is 7.50. The van der Waals surface area contributed by atoms with Crippen molar-refractivity contribution in [2.24, 2.45) is 0 Å². The lowest BCUT2D eigenvalue weighted by Gasteiger charge is -2.26. The summed E-state index contributed by atoms with van der Waals surface area (Å²) in [5, 5.41) is 3.50. The molecule has 0 spiro atoms. The summed E-state index contributed by atoms with van der Waals surface area (Å²) in [5.41, 5.74) is 3.63. The molecular weight excluding hydrogens is 446 g/mol. The van der Waals surface area contributed by atoms with Crippen molar-refractivity contribution in [2.75, 3.05) is 38.2 Å². The van der Waals surface area contributed by atoms with Crippen molar-refractivity contribution in [3.8, 4) is 0 Å². The van der Waals surface area contributed by atoms with Crippen LogP contribution >= 0.6 is 0 Å². The molecule has 1 fully saturated rings. The van der Waals surface area contributed by atoms with Crippen LogP contribution in [-0.2, 0) is 24.3 Å². The van der Waals surface area contributed by atoms with Gasteiger partial charge in [0.05, 0.1) is 23.7 Å². The van der Waals surface area contributed by atoms with Gasteiger partial charge in [-0.25, -0.2) is 13.2 Å². The van der Waals surface area contributed by atoms with Crippen LogP contribution in [0, 0.1) is 13.8 Å². The second-order valence-electron chi connectivity index (χ2n) is 7.80. The van der Waals surface area contributed by atoms with Gasteiger partial charge in [-0.3, -0.25) is 4.79 Å². The minimum atomic E-state index is -3.69. The highest BCUT2D eigenvalue weighted by molar-refractivity contribution is 7.89. The van der Waals surface area contributed by atoms with Gasteiger partial charge in [0.2, 0.25) is 10.0 Å². The first-order chi connectivity index (χ1) is 15.8. The summed E-state index contributed by atoms with van der Waals surface area (Å²) in [6.45, 7) is 4.67. The fraction of sp³-hybridized carbons (Fsp3) is 0.304. The van der Waals surface area contributed by atoms with Gasteiger partial charge in [0.1, 0.15) is 0 Å². The van der Waals surface area contributed by atoms with Crippen LogP contribution in [0.2, 0.25) is 0 Å². The Morgan fingerprint density at radius 1 is 1.12 bits per heavy atom. The number of rotatable bonds is 6. The molecule has 1 amide bonds. The smallest absolute Gasteiger partial charge is 0.338 e. The summed E-state index contributed by atoms with van der Waals surface area (Å²) < 4.78 is 37.3. The zero-order valence-corrected chi connectivity index (χ0v) is 19.2. The number of esters is 1. The van der Waals surface area contributed by atoms with Crippen LogP contribution in [-0.4, -0.2) is 62.5 Å². The normalized spacial score (nSPS) is 14.8. The van der Waals surface area contributed by atoms with Crippen molar-refractivity contribution in [3.05, 3.63) is 59.3 Å². The highest BCUT2D eigenvalue weighted by Gasteiger charge is 2.26. The molecule has 1 aromatic heterocycles. The van der Waals surface area contributed by atoms with Crippen LogP contribution < -0.4 is 5.32 Å². The minimum Gasteiger partial charge on any atom is -0.452 e. The van der Waals surface area contributed by atoms with E-state index >= 15 is 0 Å². The molecule has 2 N–H and O–H groups in total. The van der Waals surface area contributed by atoms with Crippen molar-refractivity contribution >= 4 is 38.5 Å². The first kappa shape index (κ1) is 23.0. The van der Waals surface area contributed by atoms with E-state index < -0.39 is 28.5 Å². The number of nitrogens with zero attached hydrogens (tertiary/aromatic N) is 1. The fourth-order valence-corrected chi connectivity index (χ4v) is 5.12. The largest absolute Gasteiger partial charge is 0.452 e. The molecule has 1 saturated heterocycles. The van der Waals surface area contributed by atoms with E-state index in [1.54, 1.807) is 30.3 Å². The summed E-state index contributed by atoms with van der Waals surface area (Å²) in [6, 6.07) is 11.1. The number of fused-ring (bicyclic) bond motifs is 1. The second kappa shape index (κ2) is 9.34. The molecule has 1 aliphatic rings. The van der Waals surface area contributed by atoms with E-state index in [9.17, 15) is 18.0 Å². The number of amides is 1. The maximum absolute atomic E-state index is 12.8. The first-order valence-electron chi connectivity index (χ1n) is 10.5. The van der Waals surface area contributed by atoms with Gasteiger partial charge in [-0.15, -0.1) is 0 Å². The molecule has 0 saturated carbocycles. The van der Waals surface area contributed by atoms with E-state index in [0.29, 0.717) is 24.5 Å². The molecule has 9 nitrogen and oxygen atoms in total. The van der Waals surface area contributed by atoms with Crippen LogP contribution in [0.5, 0.6) is 0 Å². The molecule has 0 atom stereocenters. The highest BCUT2D eigenvalue weighted by atomic mass is 32.2. The number of aromatic amines is 1. The number of ether oxygens (including phenoxy) is 2. The fourth-order valence-electron chi connectivity index (χ4n) is 3.67. The third kappa shape index (κ3) is 4.92. The molecule has 174 valence electrons. The Bertz CT molecular complexity index is 1310. The zero-order chi connectivity index (χ0) is 23.6. The minimum absolute atomic E-state index is 0.0738. The van der Waals surface area contributed by atoms with Gasteiger partial charge in [0.25, 0.3) is 5.91 Å². The molecule has 4 rings (SSSR count). The van der Waals surface area contributed by atoms with Crippen molar-refractivity contribution in [2.45, 2.75) is 18.7 Å². The number of carbonyl (C=O) groups excluding carboxylic acids is 2. The summed E-state index contributed by atoms with van der Waals surface area (Å²) >= 11 is 0. The SMILES string of the molecule is Cc1[nH]c2ccc(C(=O)OCC(=O)Nc3cccc(S(=O)(=O)N4CCOCC4)c3)cc2c1C. The molecule has 1 aliphatic heterocycles. The number of carbonyl (C=O) groups is 2. The number of H-pyrrole nitrogens is 1. The molecule has 2 heterocycles. The van der Waals surface area contributed by atoms with E-state index in [0.717, 1.165) is 22.2 Å². The van der Waals surface area contributed by atoms with E-state index in [1.165, 1.54) is 16.4 Å². The molecule has 0 bridgehead atoms. The number of benzene rings is 2. The second-order valence-corrected chi connectivity index (χ2v) is 9.74. The van der Waals surface area contributed by atoms with Crippen molar-refractivity contribution in [1.29, 1.82) is 0 Å². The Morgan fingerprint density at radius 2 is 1.88 bits per heavy atom. The van der Waals surface area contributed by atoms with Crippen LogP contribution in [0.3, 0.4) is 0 Å². The van der Waals surface area contributed by atoms with Crippen LogP contribution in [0.1, 0.15) is 21.6 Å². The summed E-state index contributed by atoms with van der Waals surface area (Å²) in [4.78, 5) is 28.0. The molecule has 3 aromatic rings. The molecule has 2 aromatic carbocycles. The molecule has 10 heteroatoms. The predicted molar refractivity (Wildman–Crippen MR) is 123 cm³/mol. The Kier molecular flexibility index (Phi) is 6.50. The van der Waals surface area contributed by atoms with E-state index in [2.05, 4.69) is 10.3 Å². The van der Waals surface area contributed by atoms with Crippen LogP contribution in [0.4, 0.5) is 5.69 Å². The lowest BCUT2D eigenvalue weighted by atomic mass is 10.1. The standard InChI is InChI=1S/C23H25N3O6S/c1-15-16(2)24-21-7-6-17(12-20(15)21)23(28)32-14-22(27)25-18-4-3-5-19(13-18)33(29,30)26-8-10-31-11-9-26/h3-7,12-13,24H,8-11,14H2,1-2H3,(H,25,27). The summed E-state index contributed by atoms with van der Waals surface area (Å²) in [6.07, 6.45) is 0. The Morgan fingerprint density at radius 3 is 2.64 bits per heavy atom. The van der Waals surface area contributed by atoms with Crippen LogP contribution in [0.25, 0.3) is 10.9 Å². The average Bonchev–Trinajstić information content (AvgIpc) is 3.11. The van der Waals surface area contributed by atoms with E-state index in [-0.39, 0.29) is 18.0 Å². The molecule has 0 aliphatic carbocycles. The number of aromatic nitrogens is 1.